The summed E-state index contributed by atoms with van der Waals surface area (Å²) in [7, 11) is 1.67. The Morgan fingerprint density at radius 3 is 3.05 bits per heavy atom. The summed E-state index contributed by atoms with van der Waals surface area (Å²) in [5.41, 5.74) is 7.40. The Bertz CT molecular complexity index is 670. The molecular weight excluding hydrogens is 242 g/mol. The van der Waals surface area contributed by atoms with Crippen molar-refractivity contribution in [3.63, 3.8) is 0 Å². The van der Waals surface area contributed by atoms with Crippen LogP contribution in [0.1, 0.15) is 22.5 Å². The molecule has 0 radical (unpaired) electrons. The number of hydrogen-bond donors (Lipinski definition) is 3. The van der Waals surface area contributed by atoms with Crippen LogP contribution in [0, 0.1) is 0 Å². The summed E-state index contributed by atoms with van der Waals surface area (Å²) < 4.78 is 5.26. The highest BCUT2D eigenvalue weighted by Crippen LogP contribution is 2.12. The van der Waals surface area contributed by atoms with Crippen LogP contribution in [0.25, 0.3) is 12.2 Å². The summed E-state index contributed by atoms with van der Waals surface area (Å²) in [6.45, 7) is 0.455. The highest BCUT2D eigenvalue weighted by molar-refractivity contribution is 5.95. The van der Waals surface area contributed by atoms with Crippen LogP contribution >= 0.6 is 0 Å². The maximum Gasteiger partial charge on any atom is 0.268 e. The Balaban J connectivity index is 2.14. The zero-order valence-electron chi connectivity index (χ0n) is 10.8. The van der Waals surface area contributed by atoms with Gasteiger partial charge < -0.3 is 20.8 Å². The number of ether oxygens (including phenoxy) is 1. The Morgan fingerprint density at radius 2 is 2.32 bits per heavy atom. The van der Waals surface area contributed by atoms with E-state index in [-0.39, 0.29) is 11.9 Å². The maximum absolute atomic E-state index is 12.0. The molecule has 0 spiro atoms. The van der Waals surface area contributed by atoms with Crippen LogP contribution in [0.4, 0.5) is 0 Å². The molecule has 1 aliphatic carbocycles. The fourth-order valence-corrected chi connectivity index (χ4v) is 2.64. The number of fused-ring (bicyclic) bond motifs is 3. The van der Waals surface area contributed by atoms with E-state index in [0.717, 1.165) is 34.7 Å². The minimum Gasteiger partial charge on any atom is -0.501 e. The lowest BCUT2D eigenvalue weighted by Gasteiger charge is -2.22. The van der Waals surface area contributed by atoms with E-state index in [9.17, 15) is 4.79 Å². The lowest BCUT2D eigenvalue weighted by Crippen LogP contribution is -2.46. The summed E-state index contributed by atoms with van der Waals surface area (Å²) >= 11 is 0. The van der Waals surface area contributed by atoms with Gasteiger partial charge in [0.1, 0.15) is 5.69 Å². The molecule has 2 aliphatic rings. The van der Waals surface area contributed by atoms with Gasteiger partial charge in [0.2, 0.25) is 0 Å². The van der Waals surface area contributed by atoms with Crippen molar-refractivity contribution in [3.05, 3.63) is 33.7 Å². The third-order valence-corrected chi connectivity index (χ3v) is 3.68. The second-order valence-electron chi connectivity index (χ2n) is 4.83. The van der Waals surface area contributed by atoms with Crippen LogP contribution in [0.15, 0.2) is 11.8 Å². The van der Waals surface area contributed by atoms with Gasteiger partial charge in [0, 0.05) is 24.4 Å². The van der Waals surface area contributed by atoms with E-state index in [2.05, 4.69) is 16.4 Å². The standard InChI is InChI=1S/C14H17N3O2/c1-19-9-2-4-10-11-6-8(7-15)16-14(18)13(11)17-12(10)5-3-9/h3-5,8,17H,2,6-7,15H2,1H3,(H,16,18). The monoisotopic (exact) mass is 259 g/mol. The Morgan fingerprint density at radius 1 is 1.47 bits per heavy atom. The van der Waals surface area contributed by atoms with Crippen LogP contribution in [0.3, 0.4) is 0 Å². The second-order valence-corrected chi connectivity index (χ2v) is 4.83. The number of carbonyl (C=O) groups excluding carboxylic acids is 1. The third-order valence-electron chi connectivity index (χ3n) is 3.68. The fourth-order valence-electron chi connectivity index (χ4n) is 2.64. The van der Waals surface area contributed by atoms with Crippen molar-refractivity contribution in [1.82, 2.24) is 10.3 Å². The molecule has 4 N–H and O–H groups in total. The van der Waals surface area contributed by atoms with Gasteiger partial charge in [-0.1, -0.05) is 6.08 Å². The number of rotatable bonds is 2. The first-order chi connectivity index (χ1) is 9.22. The molecule has 0 aromatic carbocycles. The quantitative estimate of drug-likeness (QED) is 0.645. The van der Waals surface area contributed by atoms with E-state index in [1.807, 2.05) is 12.2 Å². The van der Waals surface area contributed by atoms with Gasteiger partial charge in [0.15, 0.2) is 0 Å². The highest BCUT2D eigenvalue weighted by Gasteiger charge is 2.26. The summed E-state index contributed by atoms with van der Waals surface area (Å²) in [5, 5.41) is 4.97. The van der Waals surface area contributed by atoms with Crippen LogP contribution in [-0.4, -0.2) is 30.6 Å². The molecule has 1 atom stereocenters. The van der Waals surface area contributed by atoms with Gasteiger partial charge in [-0.3, -0.25) is 4.79 Å². The summed E-state index contributed by atoms with van der Waals surface area (Å²) in [6, 6.07) is 0.0198. The van der Waals surface area contributed by atoms with E-state index in [1.165, 1.54) is 0 Å². The molecule has 3 rings (SSSR count). The van der Waals surface area contributed by atoms with Gasteiger partial charge in [-0.2, -0.15) is 0 Å². The van der Waals surface area contributed by atoms with Crippen molar-refractivity contribution in [2.24, 2.45) is 5.73 Å². The van der Waals surface area contributed by atoms with Gasteiger partial charge in [0.05, 0.1) is 12.9 Å². The Labute approximate surface area is 110 Å². The molecule has 19 heavy (non-hydrogen) atoms. The zero-order chi connectivity index (χ0) is 13.4. The first-order valence-corrected chi connectivity index (χ1v) is 6.39. The fraction of sp³-hybridized carbons (Fsp3) is 0.357. The average molecular weight is 259 g/mol. The van der Waals surface area contributed by atoms with Crippen molar-refractivity contribution in [1.29, 1.82) is 0 Å². The number of methoxy groups -OCH3 is 1. The van der Waals surface area contributed by atoms with E-state index in [1.54, 1.807) is 7.11 Å². The molecule has 1 aliphatic heterocycles. The van der Waals surface area contributed by atoms with E-state index >= 15 is 0 Å². The molecule has 1 aromatic heterocycles. The first kappa shape index (κ1) is 12.0. The number of carbonyl (C=O) groups is 1. The molecule has 1 aromatic rings. The number of aromatic nitrogens is 1. The van der Waals surface area contributed by atoms with Crippen molar-refractivity contribution >= 4 is 18.1 Å². The third kappa shape index (κ3) is 1.96. The molecule has 1 amide bonds. The molecule has 0 saturated heterocycles. The molecular formula is C14H17N3O2. The summed E-state index contributed by atoms with van der Waals surface area (Å²) in [4.78, 5) is 15.2. The normalized spacial score (nSPS) is 21.1. The molecule has 2 heterocycles. The second kappa shape index (κ2) is 4.59. The summed E-state index contributed by atoms with van der Waals surface area (Å²) in [6.07, 6.45) is 7.51. The van der Waals surface area contributed by atoms with Gasteiger partial charge >= 0.3 is 0 Å². The van der Waals surface area contributed by atoms with E-state index < -0.39 is 0 Å². The van der Waals surface area contributed by atoms with E-state index in [0.29, 0.717) is 12.2 Å². The number of hydrogen-bond acceptors (Lipinski definition) is 3. The molecule has 100 valence electrons. The molecule has 5 nitrogen and oxygen atoms in total. The molecule has 0 saturated carbocycles. The van der Waals surface area contributed by atoms with Crippen molar-refractivity contribution in [3.8, 4) is 0 Å². The minimum absolute atomic E-state index is 0.0198. The summed E-state index contributed by atoms with van der Waals surface area (Å²) in [5.74, 6) is 0.844. The number of H-pyrrole nitrogens is 1. The van der Waals surface area contributed by atoms with Crippen molar-refractivity contribution < 1.29 is 9.53 Å². The SMILES string of the molecule is COC1=CC=c2[nH]c3c(c2=CC1)CC(CN)NC3=O. The van der Waals surface area contributed by atoms with E-state index in [4.69, 9.17) is 10.5 Å². The topological polar surface area (TPSA) is 80.1 Å². The maximum atomic E-state index is 12.0. The van der Waals surface area contributed by atoms with Crippen LogP contribution in [0.5, 0.6) is 0 Å². The Hall–Kier alpha value is -2.01. The highest BCUT2D eigenvalue weighted by atomic mass is 16.5. The molecule has 1 unspecified atom stereocenters. The van der Waals surface area contributed by atoms with Gasteiger partial charge in [-0.15, -0.1) is 0 Å². The number of nitrogens with one attached hydrogen (secondary N) is 2. The van der Waals surface area contributed by atoms with Crippen LogP contribution in [-0.2, 0) is 11.2 Å². The van der Waals surface area contributed by atoms with Crippen LogP contribution < -0.4 is 21.6 Å². The number of amides is 1. The van der Waals surface area contributed by atoms with Crippen molar-refractivity contribution in [2.75, 3.05) is 13.7 Å². The zero-order valence-corrected chi connectivity index (χ0v) is 10.8. The molecule has 0 bridgehead atoms. The minimum atomic E-state index is -0.0671. The predicted molar refractivity (Wildman–Crippen MR) is 72.7 cm³/mol. The smallest absolute Gasteiger partial charge is 0.268 e. The van der Waals surface area contributed by atoms with Gasteiger partial charge in [-0.25, -0.2) is 0 Å². The lowest BCUT2D eigenvalue weighted by atomic mass is 9.99. The Kier molecular flexibility index (Phi) is 2.91. The molecule has 0 fully saturated rings. The first-order valence-electron chi connectivity index (χ1n) is 6.39. The average Bonchev–Trinajstić information content (AvgIpc) is 2.65. The number of nitrogens with two attached hydrogens (primary N) is 1. The van der Waals surface area contributed by atoms with Gasteiger partial charge in [-0.05, 0) is 29.4 Å². The number of aromatic amines is 1. The predicted octanol–water partition coefficient (Wildman–Crippen LogP) is -0.877. The van der Waals surface area contributed by atoms with Crippen molar-refractivity contribution in [2.45, 2.75) is 18.9 Å². The lowest BCUT2D eigenvalue weighted by molar-refractivity contribution is 0.0922. The molecule has 5 heteroatoms. The van der Waals surface area contributed by atoms with Gasteiger partial charge in [0.25, 0.3) is 5.91 Å². The largest absolute Gasteiger partial charge is 0.501 e. The number of allylic oxidation sites excluding steroid dienone is 2. The van der Waals surface area contributed by atoms with Crippen LogP contribution in [0.2, 0.25) is 0 Å².